The van der Waals surface area contributed by atoms with Crippen molar-refractivity contribution in [2.24, 2.45) is 0 Å². The Morgan fingerprint density at radius 1 is 1.09 bits per heavy atom. The highest BCUT2D eigenvalue weighted by Crippen LogP contribution is 2.14. The molecule has 0 bridgehead atoms. The molecule has 0 atom stereocenters. The first-order chi connectivity index (χ1) is 10.7. The van der Waals surface area contributed by atoms with Crippen LogP contribution in [0, 0.1) is 11.8 Å². The van der Waals surface area contributed by atoms with Crippen LogP contribution in [0.1, 0.15) is 35.2 Å². The van der Waals surface area contributed by atoms with Gasteiger partial charge in [0.05, 0.1) is 7.11 Å². The number of carbonyl (C=O) groups excluding carboxylic acids is 1. The van der Waals surface area contributed by atoms with Gasteiger partial charge in [0.25, 0.3) is 0 Å². The third-order valence-corrected chi connectivity index (χ3v) is 3.45. The molecule has 0 aromatic heterocycles. The summed E-state index contributed by atoms with van der Waals surface area (Å²) < 4.78 is 5.07. The van der Waals surface area contributed by atoms with Gasteiger partial charge in [-0.15, -0.1) is 0 Å². The number of ketones is 1. The first-order valence-corrected chi connectivity index (χ1v) is 7.48. The number of Topliss-reactive ketones (excluding diaryl/α,β-unsaturated/α-hetero) is 1. The number of carbonyl (C=O) groups is 1. The summed E-state index contributed by atoms with van der Waals surface area (Å²) in [6.45, 7) is 0. The molecule has 0 N–H and O–H groups in total. The number of benzene rings is 2. The van der Waals surface area contributed by atoms with E-state index in [2.05, 4.69) is 11.8 Å². The van der Waals surface area contributed by atoms with Crippen molar-refractivity contribution in [1.82, 2.24) is 0 Å². The molecule has 22 heavy (non-hydrogen) atoms. The summed E-state index contributed by atoms with van der Waals surface area (Å²) in [5.41, 5.74) is 1.65. The van der Waals surface area contributed by atoms with E-state index < -0.39 is 0 Å². The Balaban J connectivity index is 1.78. The summed E-state index contributed by atoms with van der Waals surface area (Å²) in [5, 5.41) is 0.704. The van der Waals surface area contributed by atoms with E-state index in [0.29, 0.717) is 23.4 Å². The molecule has 0 aliphatic heterocycles. The monoisotopic (exact) mass is 312 g/mol. The quantitative estimate of drug-likeness (QED) is 0.452. The Morgan fingerprint density at radius 3 is 2.41 bits per heavy atom. The molecule has 0 unspecified atom stereocenters. The zero-order valence-corrected chi connectivity index (χ0v) is 13.2. The van der Waals surface area contributed by atoms with Crippen LogP contribution in [0.15, 0.2) is 48.5 Å². The highest BCUT2D eigenvalue weighted by molar-refractivity contribution is 6.30. The fraction of sp³-hybridized carbons (Fsp3) is 0.211. The van der Waals surface area contributed by atoms with Crippen molar-refractivity contribution in [3.8, 4) is 17.6 Å². The molecule has 0 amide bonds. The van der Waals surface area contributed by atoms with Crippen LogP contribution in [-0.2, 0) is 0 Å². The van der Waals surface area contributed by atoms with Crippen LogP contribution >= 0.6 is 11.6 Å². The topological polar surface area (TPSA) is 26.3 Å². The van der Waals surface area contributed by atoms with Gasteiger partial charge in [0.15, 0.2) is 5.78 Å². The molecule has 0 saturated heterocycles. The predicted octanol–water partition coefficient (Wildman–Crippen LogP) is 4.75. The third-order valence-electron chi connectivity index (χ3n) is 3.19. The molecule has 0 fully saturated rings. The molecule has 0 spiro atoms. The molecular weight excluding hydrogens is 296 g/mol. The van der Waals surface area contributed by atoms with Crippen molar-refractivity contribution in [2.45, 2.75) is 19.3 Å². The van der Waals surface area contributed by atoms with E-state index in [1.165, 1.54) is 0 Å². The average Bonchev–Trinajstić information content (AvgIpc) is 2.56. The SMILES string of the molecule is COc1ccc(C(=O)CCCC#Cc2ccc(Cl)cc2)cc1. The van der Waals surface area contributed by atoms with Crippen molar-refractivity contribution in [1.29, 1.82) is 0 Å². The van der Waals surface area contributed by atoms with Gasteiger partial charge in [-0.05, 0) is 55.0 Å². The maximum atomic E-state index is 12.0. The van der Waals surface area contributed by atoms with E-state index in [1.54, 1.807) is 31.4 Å². The van der Waals surface area contributed by atoms with E-state index in [9.17, 15) is 4.79 Å². The minimum Gasteiger partial charge on any atom is -0.497 e. The van der Waals surface area contributed by atoms with Crippen LogP contribution < -0.4 is 4.74 Å². The predicted molar refractivity (Wildman–Crippen MR) is 89.5 cm³/mol. The highest BCUT2D eigenvalue weighted by Gasteiger charge is 2.04. The lowest BCUT2D eigenvalue weighted by atomic mass is 10.1. The standard InChI is InChI=1S/C19H17ClO2/c1-22-18-13-9-16(10-14-18)19(21)6-4-2-3-5-15-7-11-17(20)12-8-15/h7-14H,2,4,6H2,1H3. The van der Waals surface area contributed by atoms with Crippen molar-refractivity contribution in [2.75, 3.05) is 7.11 Å². The normalized spacial score (nSPS) is 9.73. The van der Waals surface area contributed by atoms with E-state index in [0.717, 1.165) is 17.7 Å². The van der Waals surface area contributed by atoms with Gasteiger partial charge in [-0.3, -0.25) is 4.79 Å². The van der Waals surface area contributed by atoms with Crippen LogP contribution in [0.4, 0.5) is 0 Å². The molecule has 112 valence electrons. The molecule has 2 rings (SSSR count). The maximum absolute atomic E-state index is 12.0. The Kier molecular flexibility index (Phi) is 6.06. The smallest absolute Gasteiger partial charge is 0.162 e. The van der Waals surface area contributed by atoms with Crippen molar-refractivity contribution >= 4 is 17.4 Å². The Bertz CT molecular complexity index is 676. The lowest BCUT2D eigenvalue weighted by molar-refractivity contribution is 0.0980. The third kappa shape index (κ3) is 4.95. The summed E-state index contributed by atoms with van der Waals surface area (Å²) in [6, 6.07) is 14.6. The number of hydrogen-bond donors (Lipinski definition) is 0. The van der Waals surface area contributed by atoms with Crippen molar-refractivity contribution < 1.29 is 9.53 Å². The van der Waals surface area contributed by atoms with Gasteiger partial charge in [0, 0.05) is 29.0 Å². The number of rotatable bonds is 5. The van der Waals surface area contributed by atoms with Gasteiger partial charge in [-0.2, -0.15) is 0 Å². The summed E-state index contributed by atoms with van der Waals surface area (Å²) in [4.78, 5) is 12.0. The number of halogens is 1. The van der Waals surface area contributed by atoms with Gasteiger partial charge < -0.3 is 4.74 Å². The molecule has 0 aliphatic carbocycles. The number of methoxy groups -OCH3 is 1. The molecule has 0 radical (unpaired) electrons. The Hall–Kier alpha value is -2.24. The lowest BCUT2D eigenvalue weighted by Gasteiger charge is -2.02. The molecule has 0 saturated carbocycles. The summed E-state index contributed by atoms with van der Waals surface area (Å²) in [6.07, 6.45) is 1.96. The first-order valence-electron chi connectivity index (χ1n) is 7.11. The lowest BCUT2D eigenvalue weighted by Crippen LogP contribution is -1.98. The van der Waals surface area contributed by atoms with Crippen LogP contribution in [0.3, 0.4) is 0 Å². The van der Waals surface area contributed by atoms with E-state index >= 15 is 0 Å². The number of hydrogen-bond acceptors (Lipinski definition) is 2. The number of unbranched alkanes of at least 4 members (excludes halogenated alkanes) is 1. The fourth-order valence-corrected chi connectivity index (χ4v) is 2.08. The second-order valence-corrected chi connectivity index (χ2v) is 5.25. The van der Waals surface area contributed by atoms with E-state index in [-0.39, 0.29) is 5.78 Å². The van der Waals surface area contributed by atoms with Gasteiger partial charge in [-0.1, -0.05) is 23.4 Å². The number of ether oxygens (including phenoxy) is 1. The largest absolute Gasteiger partial charge is 0.497 e. The zero-order valence-electron chi connectivity index (χ0n) is 12.4. The second-order valence-electron chi connectivity index (χ2n) is 4.81. The maximum Gasteiger partial charge on any atom is 0.162 e. The molecule has 0 heterocycles. The molecular formula is C19H17ClO2. The first kappa shape index (κ1) is 16.1. The molecule has 2 nitrogen and oxygen atoms in total. The van der Waals surface area contributed by atoms with Gasteiger partial charge in [-0.25, -0.2) is 0 Å². The molecule has 0 aliphatic rings. The Labute approximate surface area is 136 Å². The van der Waals surface area contributed by atoms with Crippen LogP contribution in [-0.4, -0.2) is 12.9 Å². The zero-order chi connectivity index (χ0) is 15.8. The minimum absolute atomic E-state index is 0.135. The molecule has 2 aromatic carbocycles. The minimum atomic E-state index is 0.135. The molecule has 3 heteroatoms. The van der Waals surface area contributed by atoms with E-state index in [4.69, 9.17) is 16.3 Å². The fourth-order valence-electron chi connectivity index (χ4n) is 1.96. The van der Waals surface area contributed by atoms with Crippen molar-refractivity contribution in [3.05, 3.63) is 64.7 Å². The average molecular weight is 313 g/mol. The van der Waals surface area contributed by atoms with Gasteiger partial charge >= 0.3 is 0 Å². The molecule has 2 aromatic rings. The van der Waals surface area contributed by atoms with Gasteiger partial charge in [0.2, 0.25) is 0 Å². The Morgan fingerprint density at radius 2 is 1.77 bits per heavy atom. The highest BCUT2D eigenvalue weighted by atomic mass is 35.5. The van der Waals surface area contributed by atoms with Crippen molar-refractivity contribution in [3.63, 3.8) is 0 Å². The summed E-state index contributed by atoms with van der Waals surface area (Å²) >= 11 is 5.81. The van der Waals surface area contributed by atoms with E-state index in [1.807, 2.05) is 24.3 Å². The summed E-state index contributed by atoms with van der Waals surface area (Å²) in [5.74, 6) is 7.03. The second kappa shape index (κ2) is 8.26. The van der Waals surface area contributed by atoms with Gasteiger partial charge in [0.1, 0.15) is 5.75 Å². The van der Waals surface area contributed by atoms with Crippen LogP contribution in [0.5, 0.6) is 5.75 Å². The summed E-state index contributed by atoms with van der Waals surface area (Å²) in [7, 11) is 1.61. The van der Waals surface area contributed by atoms with Crippen LogP contribution in [0.2, 0.25) is 5.02 Å². The van der Waals surface area contributed by atoms with Crippen LogP contribution in [0.25, 0.3) is 0 Å².